The molecule has 3 rings (SSSR count). The van der Waals surface area contributed by atoms with Crippen molar-refractivity contribution in [3.05, 3.63) is 52.2 Å². The van der Waals surface area contributed by atoms with Crippen molar-refractivity contribution in [3.8, 4) is 0 Å². The number of hydrogen-bond acceptors (Lipinski definition) is 5. The zero-order valence-corrected chi connectivity index (χ0v) is 16.1. The Labute approximate surface area is 162 Å². The van der Waals surface area contributed by atoms with Crippen molar-refractivity contribution in [2.75, 3.05) is 38.0 Å². The lowest BCUT2D eigenvalue weighted by Crippen LogP contribution is -2.37. The highest BCUT2D eigenvalue weighted by atomic mass is 32.1. The smallest absolute Gasteiger partial charge is 0.254 e. The molecule has 2 aromatic rings. The average molecular weight is 385 g/mol. The molecular weight excluding hydrogens is 362 g/mol. The fourth-order valence-corrected chi connectivity index (χ4v) is 3.75. The summed E-state index contributed by atoms with van der Waals surface area (Å²) in [5.74, 6) is -0.0917. The average Bonchev–Trinajstić information content (AvgIpc) is 3.09. The largest absolute Gasteiger partial charge is 0.337 e. The number of amides is 2. The topological polar surface area (TPSA) is 69.7 Å². The van der Waals surface area contributed by atoms with Crippen LogP contribution < -0.4 is 5.32 Å². The maximum absolute atomic E-state index is 12.5. The van der Waals surface area contributed by atoms with E-state index in [1.807, 2.05) is 21.7 Å². The van der Waals surface area contributed by atoms with Crippen molar-refractivity contribution in [2.45, 2.75) is 13.3 Å². The second-order valence-corrected chi connectivity index (χ2v) is 7.40. The highest BCUT2D eigenvalue weighted by molar-refractivity contribution is 7.08. The molecule has 0 bridgehead atoms. The van der Waals surface area contributed by atoms with Crippen LogP contribution >= 0.6 is 11.3 Å². The normalized spacial score (nSPS) is 15.2. The summed E-state index contributed by atoms with van der Waals surface area (Å²) < 4.78 is 0. The van der Waals surface area contributed by atoms with Crippen molar-refractivity contribution < 1.29 is 14.4 Å². The Morgan fingerprint density at radius 3 is 2.67 bits per heavy atom. The van der Waals surface area contributed by atoms with E-state index in [0.717, 1.165) is 18.5 Å². The molecule has 2 amide bonds. The summed E-state index contributed by atoms with van der Waals surface area (Å²) in [6.07, 6.45) is 0.836. The molecule has 142 valence electrons. The number of Topliss-reactive ketones (excluding diaryl/α,β-unsaturated/α-hetero) is 1. The van der Waals surface area contributed by atoms with Crippen LogP contribution in [0.15, 0.2) is 41.1 Å². The van der Waals surface area contributed by atoms with Crippen LogP contribution in [0.2, 0.25) is 0 Å². The molecule has 1 aliphatic heterocycles. The van der Waals surface area contributed by atoms with Gasteiger partial charge < -0.3 is 10.2 Å². The molecule has 1 aromatic carbocycles. The minimum Gasteiger partial charge on any atom is -0.337 e. The molecule has 0 spiro atoms. The standard InChI is InChI=1S/C20H23N3O3S/c1-15(24)16-4-2-5-18(12-16)21-19(25)13-22-7-3-8-23(10-9-22)20(26)17-6-11-27-14-17/h2,4-6,11-12,14H,3,7-10,13H2,1H3,(H,21,25). The number of rotatable bonds is 5. The molecule has 0 radical (unpaired) electrons. The van der Waals surface area contributed by atoms with Gasteiger partial charge >= 0.3 is 0 Å². The van der Waals surface area contributed by atoms with Gasteiger partial charge in [-0.25, -0.2) is 0 Å². The second-order valence-electron chi connectivity index (χ2n) is 6.62. The zero-order chi connectivity index (χ0) is 19.2. The molecule has 27 heavy (non-hydrogen) atoms. The predicted molar refractivity (Wildman–Crippen MR) is 106 cm³/mol. The van der Waals surface area contributed by atoms with Crippen molar-refractivity contribution in [1.29, 1.82) is 0 Å². The van der Waals surface area contributed by atoms with Gasteiger partial charge in [0.2, 0.25) is 5.91 Å². The van der Waals surface area contributed by atoms with Gasteiger partial charge in [0.15, 0.2) is 5.78 Å². The van der Waals surface area contributed by atoms with Crippen LogP contribution in [0.1, 0.15) is 34.1 Å². The summed E-state index contributed by atoms with van der Waals surface area (Å²) in [5.41, 5.74) is 1.93. The number of hydrogen-bond donors (Lipinski definition) is 1. The minimum absolute atomic E-state index is 0.0333. The number of carbonyl (C=O) groups is 3. The van der Waals surface area contributed by atoms with Crippen molar-refractivity contribution >= 4 is 34.6 Å². The zero-order valence-electron chi connectivity index (χ0n) is 15.3. The lowest BCUT2D eigenvalue weighted by molar-refractivity contribution is -0.117. The maximum atomic E-state index is 12.5. The SMILES string of the molecule is CC(=O)c1cccc(NC(=O)CN2CCCN(C(=O)c3ccsc3)CC2)c1. The van der Waals surface area contributed by atoms with Crippen LogP contribution in [0.5, 0.6) is 0 Å². The Morgan fingerprint density at radius 1 is 1.07 bits per heavy atom. The van der Waals surface area contributed by atoms with Crippen LogP contribution in [0.3, 0.4) is 0 Å². The molecule has 0 unspecified atom stereocenters. The summed E-state index contributed by atoms with van der Waals surface area (Å²) in [5, 5.41) is 6.62. The van der Waals surface area contributed by atoms with Gasteiger partial charge in [-0.2, -0.15) is 11.3 Å². The Bertz CT molecular complexity index is 820. The molecule has 1 aliphatic rings. The number of thiophene rings is 1. The van der Waals surface area contributed by atoms with Crippen molar-refractivity contribution in [1.82, 2.24) is 9.80 Å². The van der Waals surface area contributed by atoms with E-state index in [1.54, 1.807) is 24.3 Å². The van der Waals surface area contributed by atoms with Crippen LogP contribution in [0.4, 0.5) is 5.69 Å². The van der Waals surface area contributed by atoms with Crippen LogP contribution in [0, 0.1) is 0 Å². The first kappa shape index (κ1) is 19.3. The number of anilines is 1. The first-order valence-electron chi connectivity index (χ1n) is 8.97. The molecule has 2 heterocycles. The van der Waals surface area contributed by atoms with Crippen LogP contribution in [-0.2, 0) is 4.79 Å². The van der Waals surface area contributed by atoms with E-state index in [1.165, 1.54) is 18.3 Å². The second kappa shape index (κ2) is 8.92. The van der Waals surface area contributed by atoms with Gasteiger partial charge in [-0.15, -0.1) is 0 Å². The van der Waals surface area contributed by atoms with Crippen molar-refractivity contribution in [3.63, 3.8) is 0 Å². The monoisotopic (exact) mass is 385 g/mol. The number of nitrogens with one attached hydrogen (secondary N) is 1. The summed E-state index contributed by atoms with van der Waals surface area (Å²) >= 11 is 1.52. The number of ketones is 1. The molecule has 0 atom stereocenters. The molecule has 6 nitrogen and oxygen atoms in total. The summed E-state index contributed by atoms with van der Waals surface area (Å²) in [6, 6.07) is 8.79. The van der Waals surface area contributed by atoms with Gasteiger partial charge in [0.1, 0.15) is 0 Å². The molecular formula is C20H23N3O3S. The van der Waals surface area contributed by atoms with Gasteiger partial charge in [0.25, 0.3) is 5.91 Å². The molecule has 1 N–H and O–H groups in total. The fourth-order valence-electron chi connectivity index (χ4n) is 3.12. The van der Waals surface area contributed by atoms with Gasteiger partial charge in [-0.3, -0.25) is 19.3 Å². The Kier molecular flexibility index (Phi) is 6.36. The highest BCUT2D eigenvalue weighted by Crippen LogP contribution is 2.13. The number of carbonyl (C=O) groups excluding carboxylic acids is 3. The van der Waals surface area contributed by atoms with Gasteiger partial charge in [-0.05, 0) is 36.9 Å². The van der Waals surface area contributed by atoms with E-state index >= 15 is 0 Å². The highest BCUT2D eigenvalue weighted by Gasteiger charge is 2.21. The van der Waals surface area contributed by atoms with Crippen LogP contribution in [0.25, 0.3) is 0 Å². The van der Waals surface area contributed by atoms with Gasteiger partial charge in [0.05, 0.1) is 12.1 Å². The Hall–Kier alpha value is -2.51. The van der Waals surface area contributed by atoms with E-state index < -0.39 is 0 Å². The third-order valence-electron chi connectivity index (χ3n) is 4.56. The Morgan fingerprint density at radius 2 is 1.93 bits per heavy atom. The minimum atomic E-state index is -0.117. The Balaban J connectivity index is 1.52. The molecule has 1 fully saturated rings. The van der Waals surface area contributed by atoms with E-state index in [9.17, 15) is 14.4 Å². The summed E-state index contributed by atoms with van der Waals surface area (Å²) in [4.78, 5) is 40.2. The first-order chi connectivity index (χ1) is 13.0. The molecule has 0 aliphatic carbocycles. The lowest BCUT2D eigenvalue weighted by atomic mass is 10.1. The van der Waals surface area contributed by atoms with Gasteiger partial charge in [0, 0.05) is 42.8 Å². The van der Waals surface area contributed by atoms with E-state index in [-0.39, 0.29) is 24.1 Å². The van der Waals surface area contributed by atoms with Crippen molar-refractivity contribution in [2.24, 2.45) is 0 Å². The van der Waals surface area contributed by atoms with E-state index in [4.69, 9.17) is 0 Å². The molecule has 7 heteroatoms. The molecule has 0 saturated carbocycles. The summed E-state index contributed by atoms with van der Waals surface area (Å²) in [6.45, 7) is 4.52. The third-order valence-corrected chi connectivity index (χ3v) is 5.25. The predicted octanol–water partition coefficient (Wildman–Crippen LogP) is 2.74. The first-order valence-corrected chi connectivity index (χ1v) is 9.92. The third kappa shape index (κ3) is 5.24. The quantitative estimate of drug-likeness (QED) is 0.804. The number of benzene rings is 1. The lowest BCUT2D eigenvalue weighted by Gasteiger charge is -2.21. The van der Waals surface area contributed by atoms with Gasteiger partial charge in [-0.1, -0.05) is 12.1 Å². The maximum Gasteiger partial charge on any atom is 0.254 e. The molecule has 1 saturated heterocycles. The summed E-state index contributed by atoms with van der Waals surface area (Å²) in [7, 11) is 0. The van der Waals surface area contributed by atoms with E-state index in [2.05, 4.69) is 10.2 Å². The number of nitrogens with zero attached hydrogens (tertiary/aromatic N) is 2. The van der Waals surface area contributed by atoms with Crippen LogP contribution in [-0.4, -0.2) is 60.1 Å². The molecule has 1 aromatic heterocycles. The fraction of sp³-hybridized carbons (Fsp3) is 0.350. The van der Waals surface area contributed by atoms with E-state index in [0.29, 0.717) is 30.9 Å².